The van der Waals surface area contributed by atoms with E-state index in [9.17, 15) is 0 Å². The van der Waals surface area contributed by atoms with Crippen molar-refractivity contribution in [2.24, 2.45) is 11.1 Å². The average Bonchev–Trinajstić information content (AvgIpc) is 2.35. The van der Waals surface area contributed by atoms with Gasteiger partial charge in [-0.2, -0.15) is 0 Å². The van der Waals surface area contributed by atoms with Crippen LogP contribution in [0.2, 0.25) is 5.02 Å². The largest absolute Gasteiger partial charge is 0.493 e. The summed E-state index contributed by atoms with van der Waals surface area (Å²) in [5.74, 6) is 1.49. The number of hydrogen-bond acceptors (Lipinski definition) is 2. The Morgan fingerprint density at radius 2 is 2.00 bits per heavy atom. The molecule has 1 aromatic rings. The van der Waals surface area contributed by atoms with E-state index in [1.54, 1.807) is 0 Å². The minimum absolute atomic E-state index is 0.229. The fourth-order valence-corrected chi connectivity index (χ4v) is 2.53. The van der Waals surface area contributed by atoms with Gasteiger partial charge in [0.2, 0.25) is 0 Å². The van der Waals surface area contributed by atoms with E-state index in [0.717, 1.165) is 34.7 Å². The van der Waals surface area contributed by atoms with Crippen LogP contribution in [0.4, 0.5) is 0 Å². The Hall–Kier alpha value is -1.22. The van der Waals surface area contributed by atoms with E-state index < -0.39 is 0 Å². The number of rotatable bonds is 7. The Labute approximate surface area is 133 Å². The summed E-state index contributed by atoms with van der Waals surface area (Å²) in [6.45, 7) is 10.8. The van der Waals surface area contributed by atoms with Gasteiger partial charge in [0.1, 0.15) is 5.75 Å². The fourth-order valence-electron chi connectivity index (χ4n) is 2.10. The zero-order chi connectivity index (χ0) is 16.2. The van der Waals surface area contributed by atoms with Crippen molar-refractivity contribution in [3.63, 3.8) is 0 Å². The van der Waals surface area contributed by atoms with Crippen LogP contribution < -0.4 is 10.5 Å². The van der Waals surface area contributed by atoms with E-state index in [4.69, 9.17) is 27.5 Å². The predicted octanol–water partition coefficient (Wildman–Crippen LogP) is 4.89. The van der Waals surface area contributed by atoms with Gasteiger partial charge in [-0.3, -0.25) is 5.41 Å². The van der Waals surface area contributed by atoms with Crippen molar-refractivity contribution in [1.82, 2.24) is 0 Å². The molecule has 0 spiro atoms. The molecule has 0 bridgehead atoms. The molecule has 0 heterocycles. The molecular weight excluding hydrogens is 284 g/mol. The Morgan fingerprint density at radius 3 is 2.52 bits per heavy atom. The molecule has 4 heteroatoms. The first kappa shape index (κ1) is 17.8. The second kappa shape index (κ2) is 7.17. The minimum atomic E-state index is -0.262. The Morgan fingerprint density at radius 1 is 1.38 bits per heavy atom. The van der Waals surface area contributed by atoms with Gasteiger partial charge in [-0.1, -0.05) is 39.3 Å². The van der Waals surface area contributed by atoms with Gasteiger partial charge in [0.05, 0.1) is 12.4 Å². The lowest BCUT2D eigenvalue weighted by Crippen LogP contribution is -2.31. The normalized spacial score (nSPS) is 11.8. The lowest BCUT2D eigenvalue weighted by molar-refractivity contribution is 0.285. The standard InChI is InChI=1S/C17H27ClN2O/c1-11(2)13-10-15(12(3)9-14(13)18)21-8-6-7-17(4,5)16(19)20/h9-11H,6-8H2,1-5H3,(H3,19,20). The number of amidine groups is 1. The summed E-state index contributed by atoms with van der Waals surface area (Å²) >= 11 is 6.26. The number of nitrogens with two attached hydrogens (primary N) is 1. The molecule has 0 aliphatic rings. The number of aryl methyl sites for hydroxylation is 1. The summed E-state index contributed by atoms with van der Waals surface area (Å²) in [6.07, 6.45) is 1.71. The monoisotopic (exact) mass is 310 g/mol. The number of nitrogens with one attached hydrogen (secondary N) is 1. The smallest absolute Gasteiger partial charge is 0.122 e. The van der Waals surface area contributed by atoms with Crippen LogP contribution in [0.3, 0.4) is 0 Å². The molecule has 3 nitrogen and oxygen atoms in total. The fraction of sp³-hybridized carbons (Fsp3) is 0.588. The second-order valence-electron chi connectivity index (χ2n) is 6.54. The maximum atomic E-state index is 7.55. The van der Waals surface area contributed by atoms with E-state index in [1.807, 2.05) is 32.9 Å². The number of hydrogen-bond donors (Lipinski definition) is 2. The number of halogens is 1. The molecule has 0 aliphatic heterocycles. The quantitative estimate of drug-likeness (QED) is 0.428. The maximum Gasteiger partial charge on any atom is 0.122 e. The summed E-state index contributed by atoms with van der Waals surface area (Å²) in [4.78, 5) is 0. The molecule has 0 radical (unpaired) electrons. The van der Waals surface area contributed by atoms with Crippen LogP contribution in [0, 0.1) is 17.7 Å². The highest BCUT2D eigenvalue weighted by molar-refractivity contribution is 6.31. The lowest BCUT2D eigenvalue weighted by Gasteiger charge is -2.23. The molecule has 3 N–H and O–H groups in total. The third-order valence-corrected chi connectivity index (χ3v) is 4.18. The third kappa shape index (κ3) is 4.92. The zero-order valence-electron chi connectivity index (χ0n) is 13.7. The highest BCUT2D eigenvalue weighted by Crippen LogP contribution is 2.31. The van der Waals surface area contributed by atoms with Gasteiger partial charge in [-0.25, -0.2) is 0 Å². The van der Waals surface area contributed by atoms with Crippen LogP contribution in [-0.4, -0.2) is 12.4 Å². The first-order valence-electron chi connectivity index (χ1n) is 7.42. The molecule has 0 aliphatic carbocycles. The first-order chi connectivity index (χ1) is 9.65. The van der Waals surface area contributed by atoms with Gasteiger partial charge in [0.25, 0.3) is 0 Å². The molecule has 21 heavy (non-hydrogen) atoms. The Kier molecular flexibility index (Phi) is 6.09. The predicted molar refractivity (Wildman–Crippen MR) is 90.7 cm³/mol. The van der Waals surface area contributed by atoms with Gasteiger partial charge in [-0.05, 0) is 48.9 Å². The molecule has 0 unspecified atom stereocenters. The van der Waals surface area contributed by atoms with Gasteiger partial charge in [0.15, 0.2) is 0 Å². The van der Waals surface area contributed by atoms with Crippen LogP contribution in [0.15, 0.2) is 12.1 Å². The minimum Gasteiger partial charge on any atom is -0.493 e. The molecule has 0 saturated carbocycles. The molecule has 0 saturated heterocycles. The molecular formula is C17H27ClN2O. The van der Waals surface area contributed by atoms with Crippen molar-refractivity contribution >= 4 is 17.4 Å². The van der Waals surface area contributed by atoms with Gasteiger partial charge >= 0.3 is 0 Å². The lowest BCUT2D eigenvalue weighted by atomic mass is 9.87. The molecule has 1 rings (SSSR count). The van der Waals surface area contributed by atoms with Crippen molar-refractivity contribution in [3.05, 3.63) is 28.3 Å². The first-order valence-corrected chi connectivity index (χ1v) is 7.80. The van der Waals surface area contributed by atoms with E-state index in [1.165, 1.54) is 0 Å². The highest BCUT2D eigenvalue weighted by atomic mass is 35.5. The molecule has 0 atom stereocenters. The summed E-state index contributed by atoms with van der Waals surface area (Å²) in [5, 5.41) is 8.35. The van der Waals surface area contributed by atoms with Crippen molar-refractivity contribution in [2.75, 3.05) is 6.61 Å². The summed E-state index contributed by atoms with van der Waals surface area (Å²) in [5.41, 5.74) is 7.49. The van der Waals surface area contributed by atoms with Crippen LogP contribution >= 0.6 is 11.6 Å². The maximum absolute atomic E-state index is 7.55. The molecule has 1 aromatic carbocycles. The van der Waals surface area contributed by atoms with E-state index in [0.29, 0.717) is 12.5 Å². The zero-order valence-corrected chi connectivity index (χ0v) is 14.5. The molecule has 118 valence electrons. The summed E-state index contributed by atoms with van der Waals surface area (Å²) < 4.78 is 5.89. The van der Waals surface area contributed by atoms with E-state index >= 15 is 0 Å². The van der Waals surface area contributed by atoms with Gasteiger partial charge in [-0.15, -0.1) is 0 Å². The van der Waals surface area contributed by atoms with Gasteiger partial charge < -0.3 is 10.5 Å². The Balaban J connectivity index is 2.64. The summed E-state index contributed by atoms with van der Waals surface area (Å²) in [6, 6.07) is 4.00. The van der Waals surface area contributed by atoms with Crippen molar-refractivity contribution < 1.29 is 4.74 Å². The number of benzene rings is 1. The van der Waals surface area contributed by atoms with Crippen molar-refractivity contribution in [3.8, 4) is 5.75 Å². The molecule has 0 fully saturated rings. The van der Waals surface area contributed by atoms with Crippen LogP contribution in [-0.2, 0) is 0 Å². The SMILES string of the molecule is Cc1cc(Cl)c(C(C)C)cc1OCCCC(C)(C)C(=N)N. The van der Waals surface area contributed by atoms with Crippen LogP contribution in [0.5, 0.6) is 5.75 Å². The van der Waals surface area contributed by atoms with E-state index in [2.05, 4.69) is 13.8 Å². The van der Waals surface area contributed by atoms with Crippen molar-refractivity contribution in [1.29, 1.82) is 5.41 Å². The van der Waals surface area contributed by atoms with E-state index in [-0.39, 0.29) is 11.3 Å². The van der Waals surface area contributed by atoms with Crippen LogP contribution in [0.1, 0.15) is 57.6 Å². The average molecular weight is 311 g/mol. The summed E-state index contributed by atoms with van der Waals surface area (Å²) in [7, 11) is 0. The third-order valence-electron chi connectivity index (χ3n) is 3.85. The topological polar surface area (TPSA) is 59.1 Å². The Bertz CT molecular complexity index is 510. The van der Waals surface area contributed by atoms with Crippen LogP contribution in [0.25, 0.3) is 0 Å². The van der Waals surface area contributed by atoms with Crippen molar-refractivity contribution in [2.45, 2.75) is 53.4 Å². The van der Waals surface area contributed by atoms with Gasteiger partial charge in [0, 0.05) is 10.4 Å². The second-order valence-corrected chi connectivity index (χ2v) is 6.95. The highest BCUT2D eigenvalue weighted by Gasteiger charge is 2.21. The molecule has 0 amide bonds. The number of ether oxygens (including phenoxy) is 1. The molecule has 0 aromatic heterocycles.